The average Bonchev–Trinajstić information content (AvgIpc) is 2.46. The van der Waals surface area contributed by atoms with Crippen LogP contribution in [0.3, 0.4) is 0 Å². The van der Waals surface area contributed by atoms with Crippen LogP contribution in [0.25, 0.3) is 0 Å². The Balaban J connectivity index is 1.93. The summed E-state index contributed by atoms with van der Waals surface area (Å²) in [7, 11) is 0. The third kappa shape index (κ3) is 1.42. The molecule has 2 rings (SSSR count). The fraction of sp³-hybridized carbons (Fsp3) is 0.714. The van der Waals surface area contributed by atoms with E-state index in [0.29, 0.717) is 0 Å². The first-order valence-electron chi connectivity index (χ1n) is 3.53. The molecule has 1 aliphatic heterocycles. The molecule has 0 radical (unpaired) electrons. The van der Waals surface area contributed by atoms with E-state index in [2.05, 4.69) is 11.4 Å². The Labute approximate surface area is 59.9 Å². The lowest BCUT2D eigenvalue weighted by Crippen LogP contribution is -2.04. The van der Waals surface area contributed by atoms with Crippen LogP contribution in [0.1, 0.15) is 12.8 Å². The molecule has 0 aromatic rings. The fourth-order valence-electron chi connectivity index (χ4n) is 0.970. The van der Waals surface area contributed by atoms with Gasteiger partial charge in [0.15, 0.2) is 0 Å². The van der Waals surface area contributed by atoms with Gasteiger partial charge in [-0.1, -0.05) is 6.08 Å². The highest BCUT2D eigenvalue weighted by Crippen LogP contribution is 2.33. The molecule has 1 N–H and O–H groups in total. The normalized spacial score (nSPS) is 30.9. The molecule has 1 heterocycles. The standard InChI is InChI=1S/C7H11NS/c1-2-6(1)5-7-8-3-4-9-7/h5-6,8H,1-4H2. The van der Waals surface area contributed by atoms with Crippen molar-refractivity contribution in [3.05, 3.63) is 11.1 Å². The summed E-state index contributed by atoms with van der Waals surface area (Å²) < 4.78 is 0. The molecule has 0 atom stereocenters. The monoisotopic (exact) mass is 141 g/mol. The van der Waals surface area contributed by atoms with Gasteiger partial charge in [0.2, 0.25) is 0 Å². The zero-order valence-corrected chi connectivity index (χ0v) is 6.21. The van der Waals surface area contributed by atoms with Crippen molar-refractivity contribution in [1.82, 2.24) is 5.32 Å². The van der Waals surface area contributed by atoms with Crippen molar-refractivity contribution in [1.29, 1.82) is 0 Å². The number of rotatable bonds is 1. The topological polar surface area (TPSA) is 12.0 Å². The fourth-order valence-corrected chi connectivity index (χ4v) is 1.89. The van der Waals surface area contributed by atoms with Gasteiger partial charge in [0.25, 0.3) is 0 Å². The number of allylic oxidation sites excluding steroid dienone is 1. The third-order valence-electron chi connectivity index (χ3n) is 1.67. The summed E-state index contributed by atoms with van der Waals surface area (Å²) in [4.78, 5) is 0. The number of hydrogen-bond donors (Lipinski definition) is 1. The van der Waals surface area contributed by atoms with E-state index < -0.39 is 0 Å². The van der Waals surface area contributed by atoms with Crippen molar-refractivity contribution in [3.8, 4) is 0 Å². The van der Waals surface area contributed by atoms with Crippen molar-refractivity contribution in [2.75, 3.05) is 12.3 Å². The molecule has 2 aliphatic rings. The van der Waals surface area contributed by atoms with Crippen LogP contribution in [-0.4, -0.2) is 12.3 Å². The van der Waals surface area contributed by atoms with E-state index >= 15 is 0 Å². The van der Waals surface area contributed by atoms with E-state index in [1.54, 1.807) is 0 Å². The van der Waals surface area contributed by atoms with Gasteiger partial charge in [0.05, 0.1) is 5.03 Å². The first-order valence-corrected chi connectivity index (χ1v) is 4.52. The van der Waals surface area contributed by atoms with Crippen LogP contribution in [0.2, 0.25) is 0 Å². The molecule has 0 spiro atoms. The highest BCUT2D eigenvalue weighted by Gasteiger charge is 2.20. The molecule has 50 valence electrons. The molecule has 1 saturated heterocycles. The van der Waals surface area contributed by atoms with Crippen LogP contribution < -0.4 is 5.32 Å². The molecule has 0 unspecified atom stereocenters. The summed E-state index contributed by atoms with van der Waals surface area (Å²) in [6.45, 7) is 1.17. The van der Waals surface area contributed by atoms with Gasteiger partial charge in [-0.05, 0) is 18.8 Å². The number of thioether (sulfide) groups is 1. The summed E-state index contributed by atoms with van der Waals surface area (Å²) in [5.41, 5.74) is 0. The summed E-state index contributed by atoms with van der Waals surface area (Å²) in [5.74, 6) is 2.19. The second-order valence-corrected chi connectivity index (χ2v) is 3.78. The maximum atomic E-state index is 3.35. The predicted molar refractivity (Wildman–Crippen MR) is 41.3 cm³/mol. The van der Waals surface area contributed by atoms with Crippen LogP contribution in [0.15, 0.2) is 11.1 Å². The Morgan fingerprint density at radius 2 is 2.44 bits per heavy atom. The van der Waals surface area contributed by atoms with Gasteiger partial charge in [-0.2, -0.15) is 0 Å². The molecule has 2 fully saturated rings. The van der Waals surface area contributed by atoms with Crippen LogP contribution in [-0.2, 0) is 0 Å². The lowest BCUT2D eigenvalue weighted by Gasteiger charge is -1.93. The average molecular weight is 141 g/mol. The van der Waals surface area contributed by atoms with E-state index in [4.69, 9.17) is 0 Å². The minimum atomic E-state index is 0.929. The molecule has 2 heteroatoms. The van der Waals surface area contributed by atoms with E-state index in [9.17, 15) is 0 Å². The van der Waals surface area contributed by atoms with Crippen LogP contribution in [0.5, 0.6) is 0 Å². The first-order chi connectivity index (χ1) is 4.45. The van der Waals surface area contributed by atoms with Gasteiger partial charge in [-0.25, -0.2) is 0 Å². The van der Waals surface area contributed by atoms with Gasteiger partial charge < -0.3 is 5.32 Å². The lowest BCUT2D eigenvalue weighted by atomic mass is 10.4. The quantitative estimate of drug-likeness (QED) is 0.595. The van der Waals surface area contributed by atoms with Gasteiger partial charge in [-0.15, -0.1) is 11.8 Å². The summed E-state index contributed by atoms with van der Waals surface area (Å²) in [6, 6.07) is 0. The molecule has 0 bridgehead atoms. The summed E-state index contributed by atoms with van der Waals surface area (Å²) in [5, 5.41) is 4.78. The van der Waals surface area contributed by atoms with Crippen LogP contribution >= 0.6 is 11.8 Å². The van der Waals surface area contributed by atoms with E-state index in [0.717, 1.165) is 5.92 Å². The molecule has 1 saturated carbocycles. The Bertz CT molecular complexity index is 130. The molecular weight excluding hydrogens is 130 g/mol. The van der Waals surface area contributed by atoms with Crippen molar-refractivity contribution in [3.63, 3.8) is 0 Å². The zero-order valence-electron chi connectivity index (χ0n) is 5.39. The lowest BCUT2D eigenvalue weighted by molar-refractivity contribution is 0.929. The third-order valence-corrected chi connectivity index (χ3v) is 2.67. The largest absolute Gasteiger partial charge is 0.379 e. The predicted octanol–water partition coefficient (Wildman–Crippen LogP) is 1.57. The molecule has 9 heavy (non-hydrogen) atoms. The maximum Gasteiger partial charge on any atom is 0.0644 e. The smallest absolute Gasteiger partial charge is 0.0644 e. The maximum absolute atomic E-state index is 3.35. The van der Waals surface area contributed by atoms with Crippen LogP contribution in [0, 0.1) is 5.92 Å². The van der Waals surface area contributed by atoms with Crippen molar-refractivity contribution in [2.45, 2.75) is 12.8 Å². The van der Waals surface area contributed by atoms with Crippen LogP contribution in [0.4, 0.5) is 0 Å². The molecule has 0 aromatic heterocycles. The molecule has 1 aliphatic carbocycles. The van der Waals surface area contributed by atoms with E-state index in [-0.39, 0.29) is 0 Å². The molecule has 0 amide bonds. The minimum absolute atomic E-state index is 0.929. The minimum Gasteiger partial charge on any atom is -0.379 e. The second-order valence-electron chi connectivity index (χ2n) is 2.64. The zero-order chi connectivity index (χ0) is 6.10. The van der Waals surface area contributed by atoms with E-state index in [1.807, 2.05) is 11.8 Å². The summed E-state index contributed by atoms with van der Waals surface area (Å²) >= 11 is 1.96. The number of hydrogen-bond acceptors (Lipinski definition) is 2. The highest BCUT2D eigenvalue weighted by atomic mass is 32.2. The highest BCUT2D eigenvalue weighted by molar-refractivity contribution is 8.03. The Morgan fingerprint density at radius 3 is 3.00 bits per heavy atom. The SMILES string of the molecule is C(=C1NCCS1)C1CC1. The molecule has 0 aromatic carbocycles. The van der Waals surface area contributed by atoms with Crippen molar-refractivity contribution < 1.29 is 0 Å². The van der Waals surface area contributed by atoms with Gasteiger partial charge in [-0.3, -0.25) is 0 Å². The van der Waals surface area contributed by atoms with Gasteiger partial charge in [0, 0.05) is 12.3 Å². The first kappa shape index (κ1) is 5.66. The Morgan fingerprint density at radius 1 is 1.56 bits per heavy atom. The van der Waals surface area contributed by atoms with Crippen molar-refractivity contribution >= 4 is 11.8 Å². The van der Waals surface area contributed by atoms with Gasteiger partial charge >= 0.3 is 0 Å². The van der Waals surface area contributed by atoms with Gasteiger partial charge in [0.1, 0.15) is 0 Å². The molecule has 1 nitrogen and oxygen atoms in total. The number of nitrogens with one attached hydrogen (secondary N) is 1. The Kier molecular flexibility index (Phi) is 1.42. The van der Waals surface area contributed by atoms with E-state index in [1.165, 1.54) is 30.2 Å². The Hall–Kier alpha value is -0.110. The molecular formula is C7H11NS. The summed E-state index contributed by atoms with van der Waals surface area (Å²) in [6.07, 6.45) is 5.23. The van der Waals surface area contributed by atoms with Crippen molar-refractivity contribution in [2.24, 2.45) is 5.92 Å². The second kappa shape index (κ2) is 2.25.